The van der Waals surface area contributed by atoms with Crippen molar-refractivity contribution in [2.75, 3.05) is 13.2 Å². The molecule has 0 spiro atoms. The fourth-order valence-corrected chi connectivity index (χ4v) is 3.34. The predicted octanol–water partition coefficient (Wildman–Crippen LogP) is 5.03. The van der Waals surface area contributed by atoms with E-state index in [0.29, 0.717) is 18.9 Å². The highest BCUT2D eigenvalue weighted by Crippen LogP contribution is 2.30. The minimum atomic E-state index is -4.39. The van der Waals surface area contributed by atoms with Crippen molar-refractivity contribution in [1.82, 2.24) is 10.3 Å². The van der Waals surface area contributed by atoms with Crippen LogP contribution in [0.1, 0.15) is 42.6 Å². The average molecular weight is 388 g/mol. The number of hydrogen-bond donors (Lipinski definition) is 1. The Balaban J connectivity index is 2.05. The number of nitrogens with one attached hydrogen (secondary N) is 1. The molecule has 1 unspecified atom stereocenters. The maximum atomic E-state index is 12.4. The van der Waals surface area contributed by atoms with E-state index in [1.807, 2.05) is 12.3 Å². The van der Waals surface area contributed by atoms with Gasteiger partial charge in [-0.25, -0.2) is 4.98 Å². The Labute approximate surface area is 155 Å². The van der Waals surface area contributed by atoms with Gasteiger partial charge in [-0.3, -0.25) is 0 Å². The zero-order valence-electron chi connectivity index (χ0n) is 15.0. The van der Waals surface area contributed by atoms with Crippen molar-refractivity contribution in [1.29, 1.82) is 0 Å². The molecular weight excluding hydrogens is 365 g/mol. The lowest BCUT2D eigenvalue weighted by Crippen LogP contribution is -2.21. The summed E-state index contributed by atoms with van der Waals surface area (Å²) in [7, 11) is 0. The molecule has 0 aliphatic rings. The molecule has 2 aromatic rings. The maximum absolute atomic E-state index is 12.4. The number of aromatic nitrogens is 1. The van der Waals surface area contributed by atoms with Crippen molar-refractivity contribution >= 4 is 11.3 Å². The Morgan fingerprint density at radius 2 is 1.96 bits per heavy atom. The highest BCUT2D eigenvalue weighted by atomic mass is 32.1. The molecule has 2 rings (SSSR count). The van der Waals surface area contributed by atoms with Crippen LogP contribution in [-0.2, 0) is 6.54 Å². The van der Waals surface area contributed by atoms with Gasteiger partial charge in [0.2, 0.25) is 0 Å². The summed E-state index contributed by atoms with van der Waals surface area (Å²) in [5.41, 5.74) is 1.90. The Morgan fingerprint density at radius 1 is 1.19 bits per heavy atom. The van der Waals surface area contributed by atoms with Crippen LogP contribution in [0.25, 0.3) is 0 Å². The fourth-order valence-electron chi connectivity index (χ4n) is 2.39. The molecule has 0 saturated carbocycles. The summed E-state index contributed by atoms with van der Waals surface area (Å²) >= 11 is 1.62. The van der Waals surface area contributed by atoms with Gasteiger partial charge in [-0.05, 0) is 38.0 Å². The first-order valence-corrected chi connectivity index (χ1v) is 9.31. The number of ether oxygens (including phenoxy) is 2. The lowest BCUT2D eigenvalue weighted by atomic mass is 10.1. The molecule has 1 atom stereocenters. The van der Waals surface area contributed by atoms with Crippen molar-refractivity contribution in [2.24, 2.45) is 0 Å². The van der Waals surface area contributed by atoms with Crippen LogP contribution in [0.3, 0.4) is 0 Å². The van der Waals surface area contributed by atoms with Crippen molar-refractivity contribution in [3.05, 3.63) is 39.8 Å². The van der Waals surface area contributed by atoms with E-state index in [1.165, 1.54) is 6.07 Å². The predicted molar refractivity (Wildman–Crippen MR) is 95.9 cm³/mol. The fraction of sp³-hybridized carbons (Fsp3) is 0.500. The third-order valence-corrected chi connectivity index (χ3v) is 4.67. The van der Waals surface area contributed by atoms with Crippen molar-refractivity contribution in [3.8, 4) is 11.5 Å². The zero-order chi connectivity index (χ0) is 19.2. The van der Waals surface area contributed by atoms with Gasteiger partial charge in [0.15, 0.2) is 18.1 Å². The summed E-state index contributed by atoms with van der Waals surface area (Å²) in [5.74, 6) is 0.407. The maximum Gasteiger partial charge on any atom is 0.422 e. The molecule has 0 radical (unpaired) electrons. The second-order valence-corrected chi connectivity index (χ2v) is 6.68. The Kier molecular flexibility index (Phi) is 7.28. The van der Waals surface area contributed by atoms with Gasteiger partial charge < -0.3 is 14.8 Å². The quantitative estimate of drug-likeness (QED) is 0.654. The van der Waals surface area contributed by atoms with E-state index in [4.69, 9.17) is 9.47 Å². The van der Waals surface area contributed by atoms with Gasteiger partial charge in [0.1, 0.15) is 5.01 Å². The van der Waals surface area contributed by atoms with Gasteiger partial charge in [0, 0.05) is 17.6 Å². The van der Waals surface area contributed by atoms with E-state index in [9.17, 15) is 13.2 Å². The van der Waals surface area contributed by atoms with E-state index in [-0.39, 0.29) is 11.8 Å². The minimum absolute atomic E-state index is 0.0931. The van der Waals surface area contributed by atoms with Crippen LogP contribution >= 0.6 is 11.3 Å². The van der Waals surface area contributed by atoms with Crippen LogP contribution in [0.2, 0.25) is 0 Å². The molecule has 0 aliphatic heterocycles. The number of aryl methyl sites for hydroxylation is 1. The molecule has 8 heteroatoms. The van der Waals surface area contributed by atoms with Crippen LogP contribution in [0.15, 0.2) is 23.6 Å². The normalized spacial score (nSPS) is 12.8. The van der Waals surface area contributed by atoms with Crippen molar-refractivity contribution < 1.29 is 22.6 Å². The van der Waals surface area contributed by atoms with E-state index in [0.717, 1.165) is 22.7 Å². The van der Waals surface area contributed by atoms with Crippen LogP contribution < -0.4 is 14.8 Å². The molecule has 1 aromatic carbocycles. The summed E-state index contributed by atoms with van der Waals surface area (Å²) in [5, 5.41) is 6.47. The summed E-state index contributed by atoms with van der Waals surface area (Å²) in [6.07, 6.45) is -3.50. The number of rotatable bonds is 9. The first kappa shape index (κ1) is 20.5. The second-order valence-electron chi connectivity index (χ2n) is 5.79. The Morgan fingerprint density at radius 3 is 2.54 bits per heavy atom. The zero-order valence-corrected chi connectivity index (χ0v) is 15.8. The van der Waals surface area contributed by atoms with Gasteiger partial charge in [0.05, 0.1) is 12.6 Å². The molecule has 26 heavy (non-hydrogen) atoms. The number of thiazole rings is 1. The van der Waals surface area contributed by atoms with Crippen molar-refractivity contribution in [3.63, 3.8) is 0 Å². The third-order valence-electron chi connectivity index (χ3n) is 3.60. The van der Waals surface area contributed by atoms with E-state index in [2.05, 4.69) is 17.2 Å². The number of alkyl halides is 3. The number of hydrogen-bond acceptors (Lipinski definition) is 5. The average Bonchev–Trinajstić information content (AvgIpc) is 3.00. The summed E-state index contributed by atoms with van der Waals surface area (Å²) < 4.78 is 47.4. The lowest BCUT2D eigenvalue weighted by molar-refractivity contribution is -0.153. The molecule has 0 fully saturated rings. The van der Waals surface area contributed by atoms with Gasteiger partial charge in [0.25, 0.3) is 0 Å². The first-order valence-electron chi connectivity index (χ1n) is 8.43. The third kappa shape index (κ3) is 6.17. The van der Waals surface area contributed by atoms with Crippen LogP contribution in [0, 0.1) is 6.92 Å². The molecular formula is C18H23F3N2O2S. The van der Waals surface area contributed by atoms with Gasteiger partial charge in [-0.2, -0.15) is 13.2 Å². The van der Waals surface area contributed by atoms with Crippen LogP contribution in [0.5, 0.6) is 11.5 Å². The minimum Gasteiger partial charge on any atom is -0.490 e. The molecule has 1 aromatic heterocycles. The lowest BCUT2D eigenvalue weighted by Gasteiger charge is -2.17. The van der Waals surface area contributed by atoms with E-state index in [1.54, 1.807) is 30.4 Å². The van der Waals surface area contributed by atoms with E-state index < -0.39 is 12.8 Å². The Bertz CT molecular complexity index is 704. The largest absolute Gasteiger partial charge is 0.490 e. The number of benzene rings is 1. The summed E-state index contributed by atoms with van der Waals surface area (Å²) in [6, 6.07) is 5.09. The standard InChI is InChI=1S/C18H23F3N2O2S/c1-4-14(17-23-12(3)10-26-17)22-9-13-6-7-15(16(8-13)24-5-2)25-11-18(19,20)21/h6-8,10,14,22H,4-5,9,11H2,1-3H3. The highest BCUT2D eigenvalue weighted by molar-refractivity contribution is 7.09. The smallest absolute Gasteiger partial charge is 0.422 e. The number of halogens is 3. The molecule has 0 amide bonds. The summed E-state index contributed by atoms with van der Waals surface area (Å²) in [4.78, 5) is 4.51. The molecule has 0 bridgehead atoms. The van der Waals surface area contributed by atoms with Gasteiger partial charge in [-0.15, -0.1) is 11.3 Å². The highest BCUT2D eigenvalue weighted by Gasteiger charge is 2.29. The monoisotopic (exact) mass is 388 g/mol. The molecule has 0 saturated heterocycles. The number of nitrogens with zero attached hydrogens (tertiary/aromatic N) is 1. The molecule has 0 aliphatic carbocycles. The SMILES string of the molecule is CCOc1cc(CNC(CC)c2nc(C)cs2)ccc1OCC(F)(F)F. The molecule has 144 valence electrons. The van der Waals surface area contributed by atoms with Crippen molar-refractivity contribution in [2.45, 2.75) is 46.0 Å². The molecule has 1 N–H and O–H groups in total. The topological polar surface area (TPSA) is 43.4 Å². The van der Waals surface area contributed by atoms with Gasteiger partial charge >= 0.3 is 6.18 Å². The second kappa shape index (κ2) is 9.23. The van der Waals surface area contributed by atoms with Crippen LogP contribution in [-0.4, -0.2) is 24.4 Å². The van der Waals surface area contributed by atoms with E-state index >= 15 is 0 Å². The summed E-state index contributed by atoms with van der Waals surface area (Å²) in [6.45, 7) is 5.36. The molecule has 1 heterocycles. The molecule has 4 nitrogen and oxygen atoms in total. The van der Waals surface area contributed by atoms with Gasteiger partial charge in [-0.1, -0.05) is 13.0 Å². The Hall–Kier alpha value is -1.80. The van der Waals surface area contributed by atoms with Crippen LogP contribution in [0.4, 0.5) is 13.2 Å². The first-order chi connectivity index (χ1) is 12.3.